The summed E-state index contributed by atoms with van der Waals surface area (Å²) >= 11 is 5.15. The zero-order valence-electron chi connectivity index (χ0n) is 15.7. The molecule has 0 aliphatic rings. The second kappa shape index (κ2) is 8.48. The topological polar surface area (TPSA) is 106 Å². The highest BCUT2D eigenvalue weighted by Crippen LogP contribution is 2.15. The molecule has 9 nitrogen and oxygen atoms in total. The van der Waals surface area contributed by atoms with Crippen LogP contribution in [0.1, 0.15) is 11.3 Å². The number of thiocarbonyl (C=S) groups is 1. The van der Waals surface area contributed by atoms with Crippen LogP contribution >= 0.6 is 12.2 Å². The Kier molecular flexibility index (Phi) is 5.84. The predicted molar refractivity (Wildman–Crippen MR) is 116 cm³/mol. The molecule has 0 fully saturated rings. The first-order valence-corrected chi connectivity index (χ1v) is 8.98. The summed E-state index contributed by atoms with van der Waals surface area (Å²) in [4.78, 5) is 23.0. The van der Waals surface area contributed by atoms with Gasteiger partial charge in [-0.15, -0.1) is 0 Å². The molecule has 1 aromatic heterocycles. The third kappa shape index (κ3) is 4.38. The molecule has 0 amide bonds. The zero-order chi connectivity index (χ0) is 21.0. The molecule has 2 aromatic carbocycles. The van der Waals surface area contributed by atoms with Crippen molar-refractivity contribution in [3.63, 3.8) is 0 Å². The van der Waals surface area contributed by atoms with E-state index in [0.717, 1.165) is 11.4 Å². The standard InChI is InChI=1S/C19H18N6O3S/c1-13-17(18(26)24(23(13)2)15-6-4-3-5-7-15)12-20-22-19(29)21-14-8-10-16(11-9-14)25(27)28/h3-12H,1-2H3,(H2,21,22,29). The molecular weight excluding hydrogens is 392 g/mol. The van der Waals surface area contributed by atoms with E-state index in [1.165, 1.54) is 30.5 Å². The van der Waals surface area contributed by atoms with E-state index >= 15 is 0 Å². The highest BCUT2D eigenvalue weighted by Gasteiger charge is 2.14. The molecule has 0 saturated heterocycles. The molecule has 0 aliphatic heterocycles. The Hall–Kier alpha value is -3.79. The highest BCUT2D eigenvalue weighted by atomic mass is 32.1. The number of nitro benzene ring substituents is 1. The monoisotopic (exact) mass is 410 g/mol. The van der Waals surface area contributed by atoms with Gasteiger partial charge in [-0.1, -0.05) is 18.2 Å². The van der Waals surface area contributed by atoms with Gasteiger partial charge in [0, 0.05) is 30.6 Å². The van der Waals surface area contributed by atoms with Crippen molar-refractivity contribution in [2.24, 2.45) is 12.1 Å². The molecule has 2 N–H and O–H groups in total. The first-order chi connectivity index (χ1) is 13.9. The van der Waals surface area contributed by atoms with Gasteiger partial charge in [0.15, 0.2) is 5.11 Å². The minimum Gasteiger partial charge on any atom is -0.331 e. The lowest BCUT2D eigenvalue weighted by atomic mass is 10.3. The second-order valence-electron chi connectivity index (χ2n) is 6.10. The number of aromatic nitrogens is 2. The molecule has 0 unspecified atom stereocenters. The molecule has 0 bridgehead atoms. The van der Waals surface area contributed by atoms with Crippen molar-refractivity contribution in [1.29, 1.82) is 0 Å². The zero-order valence-corrected chi connectivity index (χ0v) is 16.5. The van der Waals surface area contributed by atoms with Gasteiger partial charge in [0.2, 0.25) is 0 Å². The summed E-state index contributed by atoms with van der Waals surface area (Å²) in [5.41, 5.74) is 4.94. The lowest BCUT2D eigenvalue weighted by molar-refractivity contribution is -0.384. The van der Waals surface area contributed by atoms with Gasteiger partial charge in [-0.05, 0) is 43.4 Å². The van der Waals surface area contributed by atoms with Gasteiger partial charge >= 0.3 is 0 Å². The van der Waals surface area contributed by atoms with Crippen LogP contribution in [-0.2, 0) is 7.05 Å². The number of hydrogen-bond acceptors (Lipinski definition) is 5. The Morgan fingerprint density at radius 3 is 2.45 bits per heavy atom. The molecule has 0 radical (unpaired) electrons. The van der Waals surface area contributed by atoms with E-state index in [-0.39, 0.29) is 16.4 Å². The van der Waals surface area contributed by atoms with Crippen molar-refractivity contribution in [3.05, 3.63) is 86.3 Å². The maximum Gasteiger partial charge on any atom is 0.280 e. The van der Waals surface area contributed by atoms with Crippen molar-refractivity contribution >= 4 is 34.9 Å². The normalized spacial score (nSPS) is 10.8. The van der Waals surface area contributed by atoms with Gasteiger partial charge in [-0.2, -0.15) is 5.10 Å². The summed E-state index contributed by atoms with van der Waals surface area (Å²) in [6.07, 6.45) is 1.42. The van der Waals surface area contributed by atoms with Crippen molar-refractivity contribution in [2.75, 3.05) is 5.32 Å². The van der Waals surface area contributed by atoms with E-state index < -0.39 is 4.92 Å². The number of nitrogens with one attached hydrogen (secondary N) is 2. The smallest absolute Gasteiger partial charge is 0.280 e. The third-order valence-corrected chi connectivity index (χ3v) is 4.49. The van der Waals surface area contributed by atoms with Crippen molar-refractivity contribution < 1.29 is 4.92 Å². The fourth-order valence-corrected chi connectivity index (χ4v) is 2.89. The Morgan fingerprint density at radius 1 is 1.17 bits per heavy atom. The molecule has 0 atom stereocenters. The second-order valence-corrected chi connectivity index (χ2v) is 6.51. The first kappa shape index (κ1) is 20.0. The maximum atomic E-state index is 12.8. The third-order valence-electron chi connectivity index (χ3n) is 4.29. The Balaban J connectivity index is 1.71. The molecule has 148 valence electrons. The van der Waals surface area contributed by atoms with Gasteiger partial charge < -0.3 is 5.32 Å². The van der Waals surface area contributed by atoms with E-state index in [1.807, 2.05) is 37.3 Å². The predicted octanol–water partition coefficient (Wildman–Crippen LogP) is 2.71. The number of rotatable bonds is 5. The molecule has 3 rings (SSSR count). The average Bonchev–Trinajstić information content (AvgIpc) is 2.92. The molecule has 29 heavy (non-hydrogen) atoms. The van der Waals surface area contributed by atoms with Crippen molar-refractivity contribution in [3.8, 4) is 5.69 Å². The minimum atomic E-state index is -0.477. The minimum absolute atomic E-state index is 0.0123. The fourth-order valence-electron chi connectivity index (χ4n) is 2.72. The summed E-state index contributed by atoms with van der Waals surface area (Å²) in [5.74, 6) is 0. The van der Waals surface area contributed by atoms with Gasteiger partial charge in [0.1, 0.15) is 0 Å². The average molecular weight is 410 g/mol. The van der Waals surface area contributed by atoms with Gasteiger partial charge in [0.05, 0.1) is 22.4 Å². The van der Waals surface area contributed by atoms with Crippen LogP contribution in [0.15, 0.2) is 64.5 Å². The summed E-state index contributed by atoms with van der Waals surface area (Å²) in [6, 6.07) is 15.1. The molecule has 1 heterocycles. The lowest BCUT2D eigenvalue weighted by Gasteiger charge is -2.07. The van der Waals surface area contributed by atoms with Gasteiger partial charge in [-0.25, -0.2) is 4.68 Å². The number of hydrogen-bond donors (Lipinski definition) is 2. The first-order valence-electron chi connectivity index (χ1n) is 8.57. The van der Waals surface area contributed by atoms with Crippen LogP contribution in [0.25, 0.3) is 5.69 Å². The fraction of sp³-hybridized carbons (Fsp3) is 0.105. The summed E-state index contributed by atoms with van der Waals surface area (Å²) in [6.45, 7) is 1.83. The van der Waals surface area contributed by atoms with Gasteiger partial charge in [0.25, 0.3) is 11.2 Å². The number of hydrazone groups is 1. The summed E-state index contributed by atoms with van der Waals surface area (Å²) in [5, 5.41) is 17.8. The molecule has 0 aliphatic carbocycles. The van der Waals surface area contributed by atoms with Crippen molar-refractivity contribution in [1.82, 2.24) is 14.8 Å². The van der Waals surface area contributed by atoms with Crippen molar-refractivity contribution in [2.45, 2.75) is 6.92 Å². The molecule has 0 saturated carbocycles. The van der Waals surface area contributed by atoms with E-state index in [1.54, 1.807) is 16.4 Å². The number of para-hydroxylation sites is 1. The van der Waals surface area contributed by atoms with Crippen LogP contribution < -0.4 is 16.3 Å². The molecule has 0 spiro atoms. The van der Waals surface area contributed by atoms with E-state index in [0.29, 0.717) is 11.3 Å². The maximum absolute atomic E-state index is 12.8. The van der Waals surface area contributed by atoms with E-state index in [2.05, 4.69) is 15.8 Å². The number of anilines is 1. The lowest BCUT2D eigenvalue weighted by Crippen LogP contribution is -2.24. The Labute approximate surface area is 171 Å². The number of benzene rings is 2. The van der Waals surface area contributed by atoms with E-state index in [4.69, 9.17) is 12.2 Å². The van der Waals surface area contributed by atoms with Crippen LogP contribution in [0, 0.1) is 17.0 Å². The quantitative estimate of drug-likeness (QED) is 0.290. The Morgan fingerprint density at radius 2 is 1.83 bits per heavy atom. The number of nitro groups is 1. The Bertz CT molecular complexity index is 1130. The van der Waals surface area contributed by atoms with Crippen LogP contribution in [0.4, 0.5) is 11.4 Å². The SMILES string of the molecule is Cc1c(C=NNC(=S)Nc2ccc([N+](=O)[O-])cc2)c(=O)n(-c2ccccc2)n1C. The molecule has 10 heteroatoms. The van der Waals surface area contributed by atoms with Crippen LogP contribution in [-0.4, -0.2) is 25.6 Å². The molecule has 3 aromatic rings. The number of non-ortho nitro benzene ring substituents is 1. The largest absolute Gasteiger partial charge is 0.331 e. The van der Waals surface area contributed by atoms with Crippen LogP contribution in [0.2, 0.25) is 0 Å². The van der Waals surface area contributed by atoms with Crippen LogP contribution in [0.5, 0.6) is 0 Å². The summed E-state index contributed by atoms with van der Waals surface area (Å²) in [7, 11) is 1.80. The molecular formula is C19H18N6O3S. The number of nitrogens with zero attached hydrogens (tertiary/aromatic N) is 4. The van der Waals surface area contributed by atoms with Gasteiger partial charge in [-0.3, -0.25) is 25.0 Å². The van der Waals surface area contributed by atoms with Crippen LogP contribution in [0.3, 0.4) is 0 Å². The summed E-state index contributed by atoms with van der Waals surface area (Å²) < 4.78 is 3.32. The highest BCUT2D eigenvalue weighted by molar-refractivity contribution is 7.80. The van der Waals surface area contributed by atoms with E-state index in [9.17, 15) is 14.9 Å².